The number of aliphatic hydroxyl groups excluding tert-OH is 1. The van der Waals surface area contributed by atoms with Gasteiger partial charge in [0.25, 0.3) is 0 Å². The van der Waals surface area contributed by atoms with Gasteiger partial charge >= 0.3 is 0 Å². The smallest absolute Gasteiger partial charge is 0.106 e. The van der Waals surface area contributed by atoms with Gasteiger partial charge in [-0.3, -0.25) is 0 Å². The number of aryl methyl sites for hydroxylation is 1. The van der Waals surface area contributed by atoms with Crippen LogP contribution in [0, 0.1) is 11.6 Å². The van der Waals surface area contributed by atoms with Crippen molar-refractivity contribution in [3.05, 3.63) is 63.9 Å². The van der Waals surface area contributed by atoms with Crippen LogP contribution in [-0.4, -0.2) is 10.1 Å². The second-order valence-electron chi connectivity index (χ2n) is 3.75. The number of pyridine rings is 1. The van der Waals surface area contributed by atoms with E-state index < -0.39 is 6.10 Å². The first-order valence-electron chi connectivity index (χ1n) is 5.11. The summed E-state index contributed by atoms with van der Waals surface area (Å²) in [5, 5.41) is 10.2. The Hall–Kier alpha value is -1.45. The van der Waals surface area contributed by atoms with E-state index in [1.165, 1.54) is 0 Å². The van der Waals surface area contributed by atoms with Crippen LogP contribution in [0.15, 0.2) is 42.6 Å². The summed E-state index contributed by atoms with van der Waals surface area (Å²) in [6, 6.07) is 11.4. The predicted octanol–water partition coefficient (Wildman–Crippen LogP) is 3.13. The van der Waals surface area contributed by atoms with Gasteiger partial charge in [-0.2, -0.15) is 0 Å². The van der Waals surface area contributed by atoms with Gasteiger partial charge in [0.05, 0.1) is 0 Å². The highest BCUT2D eigenvalue weighted by Gasteiger charge is 2.11. The SMILES string of the molecule is Cc1cc(=S)[nH]cc1[C@H](O)c1ccccc1. The van der Waals surface area contributed by atoms with Crippen LogP contribution in [0.4, 0.5) is 0 Å². The molecule has 3 heteroatoms. The summed E-state index contributed by atoms with van der Waals surface area (Å²) in [6.45, 7) is 1.95. The average molecular weight is 231 g/mol. The molecule has 0 aliphatic rings. The van der Waals surface area contributed by atoms with Crippen molar-refractivity contribution in [2.45, 2.75) is 13.0 Å². The number of benzene rings is 1. The molecule has 0 aliphatic carbocycles. The van der Waals surface area contributed by atoms with E-state index in [1.54, 1.807) is 6.20 Å². The van der Waals surface area contributed by atoms with E-state index in [0.29, 0.717) is 4.64 Å². The zero-order valence-electron chi connectivity index (χ0n) is 8.97. The van der Waals surface area contributed by atoms with Crippen LogP contribution in [0.1, 0.15) is 22.8 Å². The van der Waals surface area contributed by atoms with Crippen LogP contribution in [0.2, 0.25) is 0 Å². The molecule has 0 aliphatic heterocycles. The van der Waals surface area contributed by atoms with Crippen LogP contribution in [0.3, 0.4) is 0 Å². The van der Waals surface area contributed by atoms with Crippen LogP contribution >= 0.6 is 12.2 Å². The zero-order chi connectivity index (χ0) is 11.5. The molecule has 1 aromatic carbocycles. The molecule has 0 saturated heterocycles. The number of nitrogens with one attached hydrogen (secondary N) is 1. The van der Waals surface area contributed by atoms with E-state index >= 15 is 0 Å². The van der Waals surface area contributed by atoms with Gasteiger partial charge in [-0.15, -0.1) is 0 Å². The van der Waals surface area contributed by atoms with Crippen molar-refractivity contribution in [3.63, 3.8) is 0 Å². The van der Waals surface area contributed by atoms with E-state index in [9.17, 15) is 5.11 Å². The van der Waals surface area contributed by atoms with Gasteiger partial charge in [-0.1, -0.05) is 42.5 Å². The largest absolute Gasteiger partial charge is 0.384 e. The number of aromatic amines is 1. The van der Waals surface area contributed by atoms with Gasteiger partial charge in [0.2, 0.25) is 0 Å². The highest BCUT2D eigenvalue weighted by molar-refractivity contribution is 7.71. The summed E-state index contributed by atoms with van der Waals surface area (Å²) < 4.78 is 0.682. The number of rotatable bonds is 2. The molecule has 1 heterocycles. The van der Waals surface area contributed by atoms with E-state index in [4.69, 9.17) is 12.2 Å². The van der Waals surface area contributed by atoms with Crippen molar-refractivity contribution in [1.29, 1.82) is 0 Å². The fourth-order valence-corrected chi connectivity index (χ4v) is 1.93. The highest BCUT2D eigenvalue weighted by atomic mass is 32.1. The molecule has 2 N–H and O–H groups in total. The molecule has 0 bridgehead atoms. The van der Waals surface area contributed by atoms with Gasteiger partial charge in [0, 0.05) is 11.8 Å². The summed E-state index contributed by atoms with van der Waals surface area (Å²) >= 11 is 5.03. The Morgan fingerprint density at radius 2 is 1.94 bits per heavy atom. The lowest BCUT2D eigenvalue weighted by Gasteiger charge is -2.13. The first kappa shape index (κ1) is 11.0. The number of hydrogen-bond donors (Lipinski definition) is 2. The first-order chi connectivity index (χ1) is 7.68. The number of hydrogen-bond acceptors (Lipinski definition) is 2. The lowest BCUT2D eigenvalue weighted by Crippen LogP contribution is -2.02. The van der Waals surface area contributed by atoms with Gasteiger partial charge in [-0.05, 0) is 24.1 Å². The standard InChI is InChI=1S/C13H13NOS/c1-9-7-12(16)14-8-11(9)13(15)10-5-3-2-4-6-10/h2-8,13,15H,1H3,(H,14,16)/t13-/m1/s1. The van der Waals surface area contributed by atoms with Crippen molar-refractivity contribution in [2.75, 3.05) is 0 Å². The van der Waals surface area contributed by atoms with E-state index in [1.807, 2.05) is 43.3 Å². The summed E-state index contributed by atoms with van der Waals surface area (Å²) in [7, 11) is 0. The number of aromatic nitrogens is 1. The molecule has 2 nitrogen and oxygen atoms in total. The Balaban J connectivity index is 2.42. The van der Waals surface area contributed by atoms with Crippen molar-refractivity contribution in [3.8, 4) is 0 Å². The molecule has 0 radical (unpaired) electrons. The Morgan fingerprint density at radius 1 is 1.25 bits per heavy atom. The van der Waals surface area contributed by atoms with Gasteiger partial charge < -0.3 is 10.1 Å². The van der Waals surface area contributed by atoms with Gasteiger partial charge in [0.1, 0.15) is 10.7 Å². The Bertz CT molecular complexity index is 533. The molecule has 82 valence electrons. The van der Waals surface area contributed by atoms with Gasteiger partial charge in [-0.25, -0.2) is 0 Å². The van der Waals surface area contributed by atoms with Crippen LogP contribution < -0.4 is 0 Å². The normalized spacial score (nSPS) is 12.4. The predicted molar refractivity (Wildman–Crippen MR) is 66.9 cm³/mol. The molecule has 0 fully saturated rings. The molecule has 1 aromatic heterocycles. The molecule has 16 heavy (non-hydrogen) atoms. The second kappa shape index (κ2) is 4.60. The van der Waals surface area contributed by atoms with Gasteiger partial charge in [0.15, 0.2) is 0 Å². The molecule has 2 rings (SSSR count). The molecular formula is C13H13NOS. The fraction of sp³-hybridized carbons (Fsp3) is 0.154. The highest BCUT2D eigenvalue weighted by Crippen LogP contribution is 2.23. The maximum atomic E-state index is 10.2. The van der Waals surface area contributed by atoms with E-state index in [-0.39, 0.29) is 0 Å². The average Bonchev–Trinajstić information content (AvgIpc) is 2.29. The quantitative estimate of drug-likeness (QED) is 0.779. The lowest BCUT2D eigenvalue weighted by molar-refractivity contribution is 0.219. The maximum Gasteiger partial charge on any atom is 0.106 e. The molecule has 0 saturated carbocycles. The minimum Gasteiger partial charge on any atom is -0.384 e. The summed E-state index contributed by atoms with van der Waals surface area (Å²) in [6.07, 6.45) is 1.17. The van der Waals surface area contributed by atoms with E-state index in [0.717, 1.165) is 16.7 Å². The van der Waals surface area contributed by atoms with Crippen molar-refractivity contribution < 1.29 is 5.11 Å². The van der Waals surface area contributed by atoms with Crippen LogP contribution in [0.5, 0.6) is 0 Å². The first-order valence-corrected chi connectivity index (χ1v) is 5.51. The Kier molecular flexibility index (Phi) is 3.17. The lowest BCUT2D eigenvalue weighted by atomic mass is 10.00. The third kappa shape index (κ3) is 2.21. The minimum absolute atomic E-state index is 0.604. The maximum absolute atomic E-state index is 10.2. The molecule has 2 aromatic rings. The third-order valence-corrected chi connectivity index (χ3v) is 2.82. The second-order valence-corrected chi connectivity index (χ2v) is 4.19. The fourth-order valence-electron chi connectivity index (χ4n) is 1.69. The molecular weight excluding hydrogens is 218 g/mol. The van der Waals surface area contributed by atoms with Crippen molar-refractivity contribution in [2.24, 2.45) is 0 Å². The zero-order valence-corrected chi connectivity index (χ0v) is 9.79. The molecule has 0 spiro atoms. The van der Waals surface area contributed by atoms with E-state index in [2.05, 4.69) is 4.98 Å². The summed E-state index contributed by atoms with van der Waals surface area (Å²) in [4.78, 5) is 2.95. The Labute approximate surface area is 99.6 Å². The monoisotopic (exact) mass is 231 g/mol. The molecule has 1 atom stereocenters. The van der Waals surface area contributed by atoms with Crippen LogP contribution in [-0.2, 0) is 0 Å². The summed E-state index contributed by atoms with van der Waals surface area (Å²) in [5.41, 5.74) is 2.75. The minimum atomic E-state index is -0.604. The Morgan fingerprint density at radius 3 is 2.56 bits per heavy atom. The molecule has 0 unspecified atom stereocenters. The van der Waals surface area contributed by atoms with Crippen molar-refractivity contribution in [1.82, 2.24) is 4.98 Å². The summed E-state index contributed by atoms with van der Waals surface area (Å²) in [5.74, 6) is 0. The third-order valence-electron chi connectivity index (χ3n) is 2.58. The topological polar surface area (TPSA) is 36.0 Å². The number of H-pyrrole nitrogens is 1. The van der Waals surface area contributed by atoms with Crippen LogP contribution in [0.25, 0.3) is 0 Å². The molecule has 0 amide bonds. The van der Waals surface area contributed by atoms with Crippen molar-refractivity contribution >= 4 is 12.2 Å². The number of aliphatic hydroxyl groups is 1.